The molecule has 0 bridgehead atoms. The molecule has 2 rings (SSSR count). The number of aromatic nitrogens is 4. The van der Waals surface area contributed by atoms with Gasteiger partial charge in [-0.2, -0.15) is 17.7 Å². The van der Waals surface area contributed by atoms with Gasteiger partial charge in [0.1, 0.15) is 0 Å². The van der Waals surface area contributed by atoms with E-state index in [1.54, 1.807) is 0 Å². The number of alkyl halides is 3. The van der Waals surface area contributed by atoms with Crippen LogP contribution in [0, 0.1) is 0 Å². The average molecular weight is 222 g/mol. The maximum Gasteiger partial charge on any atom is 0.453 e. The molecular formula is C5HF3N4OS. The number of carbonyl (C=O) groups excluding carboxylic acids is 1. The summed E-state index contributed by atoms with van der Waals surface area (Å²) >= 11 is 0.744. The lowest BCUT2D eigenvalue weighted by Gasteiger charge is -1.99. The molecule has 0 aromatic carbocycles. The van der Waals surface area contributed by atoms with E-state index in [2.05, 4.69) is 15.3 Å². The van der Waals surface area contributed by atoms with Gasteiger partial charge >= 0.3 is 6.18 Å². The predicted molar refractivity (Wildman–Crippen MR) is 39.0 cm³/mol. The second kappa shape index (κ2) is 2.74. The van der Waals surface area contributed by atoms with Crippen molar-refractivity contribution in [3.05, 3.63) is 10.8 Å². The number of hydrogen-bond donors (Lipinski definition) is 0. The molecule has 2 aromatic rings. The molecule has 5 nitrogen and oxygen atoms in total. The van der Waals surface area contributed by atoms with Crippen molar-refractivity contribution in [1.82, 2.24) is 19.8 Å². The minimum Gasteiger partial charge on any atom is -0.295 e. The Kier molecular flexibility index (Phi) is 1.77. The third kappa shape index (κ3) is 1.25. The quantitative estimate of drug-likeness (QED) is 0.676. The highest BCUT2D eigenvalue weighted by Gasteiger charge is 2.38. The van der Waals surface area contributed by atoms with Crippen molar-refractivity contribution < 1.29 is 18.0 Å². The first-order valence-corrected chi connectivity index (χ1v) is 4.08. The number of hydrogen-bond acceptors (Lipinski definition) is 5. The van der Waals surface area contributed by atoms with Crippen molar-refractivity contribution in [1.29, 1.82) is 0 Å². The van der Waals surface area contributed by atoms with Crippen molar-refractivity contribution in [2.24, 2.45) is 0 Å². The van der Waals surface area contributed by atoms with E-state index >= 15 is 0 Å². The maximum atomic E-state index is 12.2. The molecule has 2 heterocycles. The van der Waals surface area contributed by atoms with Crippen molar-refractivity contribution in [3.63, 3.8) is 0 Å². The normalized spacial score (nSPS) is 12.2. The van der Waals surface area contributed by atoms with Crippen molar-refractivity contribution in [3.8, 4) is 0 Å². The van der Waals surface area contributed by atoms with Crippen LogP contribution in [0.3, 0.4) is 0 Å². The fourth-order valence-corrected chi connectivity index (χ4v) is 1.51. The summed E-state index contributed by atoms with van der Waals surface area (Å²) in [6.45, 7) is 0. The Morgan fingerprint density at radius 2 is 2.07 bits per heavy atom. The number of rotatable bonds is 1. The molecule has 0 saturated heterocycles. The SMILES string of the molecule is O=Cc1nn2c(C(F)(F)F)nnc2s1. The minimum absolute atomic E-state index is 0.0561. The van der Waals surface area contributed by atoms with Gasteiger partial charge in [-0.3, -0.25) is 4.79 Å². The van der Waals surface area contributed by atoms with Gasteiger partial charge in [-0.15, -0.1) is 15.3 Å². The lowest BCUT2D eigenvalue weighted by atomic mass is 10.6. The average Bonchev–Trinajstić information content (AvgIpc) is 2.57. The molecule has 0 aliphatic rings. The Morgan fingerprint density at radius 3 is 2.64 bits per heavy atom. The molecule has 0 aliphatic carbocycles. The second-order valence-corrected chi connectivity index (χ2v) is 3.26. The zero-order valence-corrected chi connectivity index (χ0v) is 7.13. The summed E-state index contributed by atoms with van der Waals surface area (Å²) in [6.07, 6.45) is -4.26. The first kappa shape index (κ1) is 9.06. The highest BCUT2D eigenvalue weighted by molar-refractivity contribution is 7.18. The highest BCUT2D eigenvalue weighted by Crippen LogP contribution is 2.28. The lowest BCUT2D eigenvalue weighted by molar-refractivity contribution is -0.146. The van der Waals surface area contributed by atoms with E-state index in [1.165, 1.54) is 0 Å². The number of halogens is 3. The molecule has 0 unspecified atom stereocenters. The fourth-order valence-electron chi connectivity index (χ4n) is 0.856. The van der Waals surface area contributed by atoms with Gasteiger partial charge in [0.25, 0.3) is 5.82 Å². The van der Waals surface area contributed by atoms with E-state index in [9.17, 15) is 18.0 Å². The summed E-state index contributed by atoms with van der Waals surface area (Å²) in [5.41, 5.74) is 0. The monoisotopic (exact) mass is 222 g/mol. The fraction of sp³-hybridized carbons (Fsp3) is 0.200. The summed E-state index contributed by atoms with van der Waals surface area (Å²) in [4.78, 5) is 10.2. The van der Waals surface area contributed by atoms with Crippen LogP contribution in [0.1, 0.15) is 15.6 Å². The standard InChI is InChI=1S/C5HF3N4OS/c6-5(7,8)3-9-10-4-12(3)11-2(1-13)14-4/h1H. The van der Waals surface area contributed by atoms with E-state index < -0.39 is 12.0 Å². The predicted octanol–water partition coefficient (Wildman–Crippen LogP) is 1.02. The topological polar surface area (TPSA) is 60.2 Å². The molecule has 9 heteroatoms. The highest BCUT2D eigenvalue weighted by atomic mass is 32.1. The molecule has 0 fully saturated rings. The molecule has 2 aromatic heterocycles. The van der Waals surface area contributed by atoms with Gasteiger partial charge in [-0.25, -0.2) is 0 Å². The Bertz CT molecular complexity index is 487. The Balaban J connectivity index is 2.67. The Hall–Kier alpha value is -1.51. The zero-order chi connectivity index (χ0) is 10.3. The first-order valence-electron chi connectivity index (χ1n) is 3.27. The van der Waals surface area contributed by atoms with Gasteiger partial charge in [0, 0.05) is 0 Å². The second-order valence-electron chi connectivity index (χ2n) is 2.27. The molecule has 0 spiro atoms. The summed E-state index contributed by atoms with van der Waals surface area (Å²) in [7, 11) is 0. The number of carbonyl (C=O) groups is 1. The Morgan fingerprint density at radius 1 is 1.36 bits per heavy atom. The Labute approximate surface area is 78.2 Å². The smallest absolute Gasteiger partial charge is 0.295 e. The van der Waals surface area contributed by atoms with Crippen LogP contribution in [0.4, 0.5) is 13.2 Å². The van der Waals surface area contributed by atoms with E-state index in [0.29, 0.717) is 10.8 Å². The van der Waals surface area contributed by atoms with Crippen molar-refractivity contribution in [2.45, 2.75) is 6.18 Å². The summed E-state index contributed by atoms with van der Waals surface area (Å²) in [5.74, 6) is -1.23. The lowest BCUT2D eigenvalue weighted by Crippen LogP contribution is -2.11. The van der Waals surface area contributed by atoms with Crippen LogP contribution < -0.4 is 0 Å². The summed E-state index contributed by atoms with van der Waals surface area (Å²) < 4.78 is 37.2. The molecule has 14 heavy (non-hydrogen) atoms. The largest absolute Gasteiger partial charge is 0.453 e. The summed E-state index contributed by atoms with van der Waals surface area (Å²) in [5, 5.41) is 9.48. The van der Waals surface area contributed by atoms with Crippen molar-refractivity contribution in [2.75, 3.05) is 0 Å². The summed E-state index contributed by atoms with van der Waals surface area (Å²) in [6, 6.07) is 0. The van der Waals surface area contributed by atoms with Crippen LogP contribution in [0.25, 0.3) is 4.96 Å². The maximum absolute atomic E-state index is 12.2. The van der Waals surface area contributed by atoms with Gasteiger partial charge in [-0.1, -0.05) is 11.3 Å². The molecular weight excluding hydrogens is 221 g/mol. The zero-order valence-electron chi connectivity index (χ0n) is 6.32. The molecule has 0 saturated carbocycles. The van der Waals surface area contributed by atoms with E-state index in [0.717, 1.165) is 11.3 Å². The van der Waals surface area contributed by atoms with Crippen LogP contribution in [-0.2, 0) is 6.18 Å². The van der Waals surface area contributed by atoms with Gasteiger partial charge < -0.3 is 0 Å². The first-order chi connectivity index (χ1) is 6.52. The molecule has 0 radical (unpaired) electrons. The van der Waals surface area contributed by atoms with Gasteiger partial charge in [0.05, 0.1) is 0 Å². The molecule has 0 aliphatic heterocycles. The van der Waals surface area contributed by atoms with E-state index in [4.69, 9.17) is 0 Å². The van der Waals surface area contributed by atoms with E-state index in [-0.39, 0.29) is 9.97 Å². The number of fused-ring (bicyclic) bond motifs is 1. The molecule has 0 amide bonds. The van der Waals surface area contributed by atoms with Crippen LogP contribution in [0.2, 0.25) is 0 Å². The number of aldehydes is 1. The van der Waals surface area contributed by atoms with Gasteiger partial charge in [0.2, 0.25) is 4.96 Å². The van der Waals surface area contributed by atoms with E-state index in [1.807, 2.05) is 0 Å². The van der Waals surface area contributed by atoms with Gasteiger partial charge in [0.15, 0.2) is 11.3 Å². The van der Waals surface area contributed by atoms with Crippen LogP contribution in [0.15, 0.2) is 0 Å². The minimum atomic E-state index is -4.62. The van der Waals surface area contributed by atoms with Gasteiger partial charge in [-0.05, 0) is 0 Å². The molecule has 0 atom stereocenters. The molecule has 0 N–H and O–H groups in total. The van der Waals surface area contributed by atoms with Crippen LogP contribution >= 0.6 is 11.3 Å². The van der Waals surface area contributed by atoms with Crippen LogP contribution in [0.5, 0.6) is 0 Å². The third-order valence-corrected chi connectivity index (χ3v) is 2.19. The third-order valence-electron chi connectivity index (χ3n) is 1.36. The molecule has 74 valence electrons. The van der Waals surface area contributed by atoms with Crippen molar-refractivity contribution >= 4 is 22.6 Å². The van der Waals surface area contributed by atoms with Crippen LogP contribution in [-0.4, -0.2) is 26.1 Å². The number of nitrogens with zero attached hydrogens (tertiary/aromatic N) is 4.